The Balaban J connectivity index is 2.07. The molecule has 164 valence electrons. The highest BCUT2D eigenvalue weighted by atomic mass is 35.5. The molecule has 0 spiro atoms. The molecule has 0 saturated carbocycles. The van der Waals surface area contributed by atoms with E-state index in [0.29, 0.717) is 5.75 Å². The highest BCUT2D eigenvalue weighted by molar-refractivity contribution is 7.93. The Labute approximate surface area is 189 Å². The first-order valence-corrected chi connectivity index (χ1v) is 12.1. The maximum absolute atomic E-state index is 13.1. The SMILES string of the molecule is CN(c1ccc(Oc2ccccc2)c(S(=O)(=O)O)c1)S(=O)(=O)c1cc(Cl)c(N)cc1Cl. The van der Waals surface area contributed by atoms with Crippen molar-refractivity contribution in [2.75, 3.05) is 17.1 Å². The number of para-hydroxylation sites is 1. The topological polar surface area (TPSA) is 127 Å². The van der Waals surface area contributed by atoms with Crippen molar-refractivity contribution < 1.29 is 26.1 Å². The van der Waals surface area contributed by atoms with Crippen LogP contribution in [-0.2, 0) is 20.1 Å². The molecule has 3 aromatic carbocycles. The van der Waals surface area contributed by atoms with E-state index >= 15 is 0 Å². The Kier molecular flexibility index (Phi) is 6.40. The summed E-state index contributed by atoms with van der Waals surface area (Å²) in [6, 6.07) is 14.1. The van der Waals surface area contributed by atoms with Gasteiger partial charge >= 0.3 is 0 Å². The molecular weight excluding hydrogens is 487 g/mol. The number of hydrogen-bond donors (Lipinski definition) is 2. The van der Waals surface area contributed by atoms with Crippen LogP contribution >= 0.6 is 23.2 Å². The number of anilines is 2. The molecule has 3 N–H and O–H groups in total. The molecule has 0 aliphatic heterocycles. The summed E-state index contributed by atoms with van der Waals surface area (Å²) in [6.07, 6.45) is 0. The fraction of sp³-hybridized carbons (Fsp3) is 0.0526. The Morgan fingerprint density at radius 1 is 0.903 bits per heavy atom. The first-order chi connectivity index (χ1) is 14.4. The Hall–Kier alpha value is -2.50. The van der Waals surface area contributed by atoms with Gasteiger partial charge in [-0.05, 0) is 42.5 Å². The Bertz CT molecular complexity index is 1350. The van der Waals surface area contributed by atoms with Crippen LogP contribution < -0.4 is 14.8 Å². The molecule has 0 aliphatic rings. The van der Waals surface area contributed by atoms with Gasteiger partial charge in [-0.3, -0.25) is 8.86 Å². The van der Waals surface area contributed by atoms with E-state index in [4.69, 9.17) is 33.7 Å². The number of rotatable bonds is 6. The van der Waals surface area contributed by atoms with Crippen molar-refractivity contribution in [2.24, 2.45) is 0 Å². The second kappa shape index (κ2) is 8.56. The third-order valence-corrected chi connectivity index (χ3v) is 7.68. The summed E-state index contributed by atoms with van der Waals surface area (Å²) in [5.41, 5.74) is 5.66. The summed E-state index contributed by atoms with van der Waals surface area (Å²) in [4.78, 5) is -0.939. The maximum atomic E-state index is 13.1. The minimum atomic E-state index is -4.75. The van der Waals surface area contributed by atoms with Gasteiger partial charge in [0.05, 0.1) is 21.4 Å². The number of nitrogen functional groups attached to an aromatic ring is 1. The molecule has 3 aromatic rings. The molecule has 0 amide bonds. The summed E-state index contributed by atoms with van der Waals surface area (Å²) in [5.74, 6) is 0.140. The van der Waals surface area contributed by atoms with Gasteiger partial charge in [0.15, 0.2) is 0 Å². The lowest BCUT2D eigenvalue weighted by Crippen LogP contribution is -2.27. The molecule has 0 saturated heterocycles. The number of hydrogen-bond acceptors (Lipinski definition) is 6. The normalized spacial score (nSPS) is 11.9. The number of halogens is 2. The quantitative estimate of drug-likeness (QED) is 0.376. The van der Waals surface area contributed by atoms with Crippen LogP contribution in [-0.4, -0.2) is 28.4 Å². The minimum Gasteiger partial charge on any atom is -0.456 e. The smallest absolute Gasteiger partial charge is 0.298 e. The summed E-state index contributed by atoms with van der Waals surface area (Å²) in [6.45, 7) is 0. The van der Waals surface area contributed by atoms with Gasteiger partial charge in [0.2, 0.25) is 0 Å². The fourth-order valence-electron chi connectivity index (χ4n) is 2.62. The van der Waals surface area contributed by atoms with E-state index in [9.17, 15) is 21.4 Å². The second-order valence-electron chi connectivity index (χ2n) is 6.30. The van der Waals surface area contributed by atoms with Crippen LogP contribution in [0.1, 0.15) is 0 Å². The fourth-order valence-corrected chi connectivity index (χ4v) is 5.21. The first-order valence-electron chi connectivity index (χ1n) is 8.49. The molecule has 0 fully saturated rings. The van der Waals surface area contributed by atoms with E-state index in [1.54, 1.807) is 30.3 Å². The molecule has 0 aromatic heterocycles. The summed E-state index contributed by atoms with van der Waals surface area (Å²) >= 11 is 12.0. The van der Waals surface area contributed by atoms with E-state index in [1.165, 1.54) is 25.2 Å². The van der Waals surface area contributed by atoms with E-state index in [-0.39, 0.29) is 32.1 Å². The summed E-state index contributed by atoms with van der Waals surface area (Å²) < 4.78 is 65.9. The molecule has 0 atom stereocenters. The van der Waals surface area contributed by atoms with Crippen LogP contribution in [0.2, 0.25) is 10.0 Å². The molecule has 3 rings (SSSR count). The van der Waals surface area contributed by atoms with Crippen LogP contribution in [0.4, 0.5) is 11.4 Å². The number of nitrogens with two attached hydrogens (primary N) is 1. The second-order valence-corrected chi connectivity index (χ2v) is 10.4. The van der Waals surface area contributed by atoms with Gasteiger partial charge in [0, 0.05) is 7.05 Å². The average Bonchev–Trinajstić information content (AvgIpc) is 2.70. The van der Waals surface area contributed by atoms with Crippen molar-refractivity contribution in [3.05, 3.63) is 70.7 Å². The molecule has 0 heterocycles. The number of benzene rings is 3. The standard InChI is InChI=1S/C19H16Cl2N2O6S2/c1-23(30(24,25)18-11-14(20)16(22)10-15(18)21)12-7-8-17(19(9-12)31(26,27)28)29-13-5-3-2-4-6-13/h2-11H,22H2,1H3,(H,26,27,28). The van der Waals surface area contributed by atoms with E-state index in [1.807, 2.05) is 0 Å². The lowest BCUT2D eigenvalue weighted by atomic mass is 10.3. The van der Waals surface area contributed by atoms with E-state index < -0.39 is 25.0 Å². The Morgan fingerprint density at radius 2 is 1.55 bits per heavy atom. The third kappa shape index (κ3) is 4.89. The van der Waals surface area contributed by atoms with Gasteiger partial charge < -0.3 is 10.5 Å². The van der Waals surface area contributed by atoms with Crippen molar-refractivity contribution in [3.63, 3.8) is 0 Å². The van der Waals surface area contributed by atoms with Gasteiger partial charge in [-0.1, -0.05) is 41.4 Å². The van der Waals surface area contributed by atoms with Gasteiger partial charge in [0.1, 0.15) is 21.3 Å². The average molecular weight is 503 g/mol. The van der Waals surface area contributed by atoms with Crippen molar-refractivity contribution in [3.8, 4) is 11.5 Å². The zero-order chi connectivity index (χ0) is 23.0. The van der Waals surface area contributed by atoms with Gasteiger partial charge in [-0.15, -0.1) is 0 Å². The van der Waals surface area contributed by atoms with Crippen molar-refractivity contribution >= 4 is 54.7 Å². The highest BCUT2D eigenvalue weighted by Gasteiger charge is 2.27. The molecule has 0 radical (unpaired) electrons. The highest BCUT2D eigenvalue weighted by Crippen LogP contribution is 2.36. The third-order valence-electron chi connectivity index (χ3n) is 4.23. The van der Waals surface area contributed by atoms with Crippen molar-refractivity contribution in [1.29, 1.82) is 0 Å². The molecule has 8 nitrogen and oxygen atoms in total. The number of nitrogens with zero attached hydrogens (tertiary/aromatic N) is 1. The monoisotopic (exact) mass is 502 g/mol. The van der Waals surface area contributed by atoms with Crippen LogP contribution in [0.5, 0.6) is 11.5 Å². The van der Waals surface area contributed by atoms with Crippen molar-refractivity contribution in [1.82, 2.24) is 0 Å². The van der Waals surface area contributed by atoms with Crippen molar-refractivity contribution in [2.45, 2.75) is 9.79 Å². The molecule has 0 unspecified atom stereocenters. The Morgan fingerprint density at radius 3 is 2.16 bits per heavy atom. The van der Waals surface area contributed by atoms with Gasteiger partial charge in [-0.25, -0.2) is 8.42 Å². The van der Waals surface area contributed by atoms with Crippen LogP contribution in [0.25, 0.3) is 0 Å². The minimum absolute atomic E-state index is 0.0124. The van der Waals surface area contributed by atoms with Gasteiger partial charge in [-0.2, -0.15) is 8.42 Å². The number of ether oxygens (including phenoxy) is 1. The van der Waals surface area contributed by atoms with Crippen LogP contribution in [0.3, 0.4) is 0 Å². The predicted molar refractivity (Wildman–Crippen MR) is 119 cm³/mol. The molecule has 31 heavy (non-hydrogen) atoms. The summed E-state index contributed by atoms with van der Waals surface area (Å²) in [7, 11) is -7.81. The van der Waals surface area contributed by atoms with E-state index in [2.05, 4.69) is 0 Å². The van der Waals surface area contributed by atoms with Crippen LogP contribution in [0.15, 0.2) is 70.5 Å². The molecular formula is C19H16Cl2N2O6S2. The van der Waals surface area contributed by atoms with Crippen LogP contribution in [0, 0.1) is 0 Å². The lowest BCUT2D eigenvalue weighted by molar-refractivity contribution is 0.450. The van der Waals surface area contributed by atoms with E-state index in [0.717, 1.165) is 16.4 Å². The molecule has 0 aliphatic carbocycles. The number of sulfonamides is 1. The zero-order valence-electron chi connectivity index (χ0n) is 15.9. The summed E-state index contributed by atoms with van der Waals surface area (Å²) in [5, 5.41) is -0.172. The lowest BCUT2D eigenvalue weighted by Gasteiger charge is -2.22. The maximum Gasteiger partial charge on any atom is 0.298 e. The van der Waals surface area contributed by atoms with Gasteiger partial charge in [0.25, 0.3) is 20.1 Å². The first kappa shape index (κ1) is 23.2. The molecule has 12 heteroatoms. The largest absolute Gasteiger partial charge is 0.456 e. The predicted octanol–water partition coefficient (Wildman–Crippen LogP) is 4.44. The molecule has 0 bridgehead atoms. The zero-order valence-corrected chi connectivity index (χ0v) is 19.0.